The molecule has 1 amide bonds. The van der Waals surface area contributed by atoms with Gasteiger partial charge in [-0.15, -0.1) is 0 Å². The summed E-state index contributed by atoms with van der Waals surface area (Å²) in [7, 11) is 0. The molecule has 0 spiro atoms. The van der Waals surface area contributed by atoms with E-state index in [1.165, 1.54) is 11.8 Å². The first-order chi connectivity index (χ1) is 10.5. The van der Waals surface area contributed by atoms with E-state index in [9.17, 15) is 4.79 Å². The van der Waals surface area contributed by atoms with Crippen LogP contribution < -0.4 is 5.32 Å². The van der Waals surface area contributed by atoms with E-state index in [1.54, 1.807) is 6.08 Å². The van der Waals surface area contributed by atoms with Gasteiger partial charge in [0.05, 0.1) is 10.6 Å². The molecule has 0 unspecified atom stereocenters. The number of aliphatic imine (C=N–C) groups is 1. The van der Waals surface area contributed by atoms with Gasteiger partial charge in [-0.1, -0.05) is 12.1 Å². The zero-order chi connectivity index (χ0) is 15.7. The summed E-state index contributed by atoms with van der Waals surface area (Å²) in [4.78, 5) is 17.1. The summed E-state index contributed by atoms with van der Waals surface area (Å²) < 4.78 is 5.47. The van der Waals surface area contributed by atoms with Crippen LogP contribution in [0.2, 0.25) is 0 Å². The van der Waals surface area contributed by atoms with E-state index in [2.05, 4.69) is 10.3 Å². The third-order valence-electron chi connectivity index (χ3n) is 3.27. The molecular weight excluding hydrogens is 296 g/mol. The highest BCUT2D eigenvalue weighted by Gasteiger charge is 2.24. The molecule has 1 aromatic carbocycles. The number of thioether (sulfide) groups is 1. The molecule has 2 aromatic rings. The van der Waals surface area contributed by atoms with E-state index in [1.807, 2.05) is 51.1 Å². The van der Waals surface area contributed by atoms with Crippen molar-refractivity contribution in [1.29, 1.82) is 0 Å². The number of carbonyl (C=O) groups is 1. The van der Waals surface area contributed by atoms with Gasteiger partial charge in [0.2, 0.25) is 0 Å². The highest BCUT2D eigenvalue weighted by molar-refractivity contribution is 8.18. The number of amidine groups is 1. The van der Waals surface area contributed by atoms with Crippen LogP contribution in [-0.2, 0) is 4.79 Å². The van der Waals surface area contributed by atoms with E-state index in [0.29, 0.717) is 15.8 Å². The highest BCUT2D eigenvalue weighted by atomic mass is 32.2. The molecule has 1 aliphatic rings. The van der Waals surface area contributed by atoms with Crippen LogP contribution in [0.1, 0.15) is 22.6 Å². The van der Waals surface area contributed by atoms with Crippen molar-refractivity contribution in [3.63, 3.8) is 0 Å². The van der Waals surface area contributed by atoms with Crippen molar-refractivity contribution in [3.8, 4) is 0 Å². The second-order valence-electron chi connectivity index (χ2n) is 5.22. The molecule has 5 heteroatoms. The zero-order valence-corrected chi connectivity index (χ0v) is 13.5. The molecule has 2 heterocycles. The summed E-state index contributed by atoms with van der Waals surface area (Å²) in [5.41, 5.74) is 3.09. The number of nitrogens with one attached hydrogen (secondary N) is 1. The topological polar surface area (TPSA) is 54.6 Å². The smallest absolute Gasteiger partial charge is 0.264 e. The van der Waals surface area contributed by atoms with Gasteiger partial charge in [0.1, 0.15) is 11.5 Å². The summed E-state index contributed by atoms with van der Waals surface area (Å²) in [6.07, 6.45) is 1.73. The van der Waals surface area contributed by atoms with E-state index < -0.39 is 0 Å². The van der Waals surface area contributed by atoms with Gasteiger partial charge in [-0.2, -0.15) is 0 Å². The Balaban J connectivity index is 1.86. The van der Waals surface area contributed by atoms with Gasteiger partial charge in [0.15, 0.2) is 5.17 Å². The second kappa shape index (κ2) is 5.85. The Morgan fingerprint density at radius 3 is 2.73 bits per heavy atom. The van der Waals surface area contributed by atoms with E-state index >= 15 is 0 Å². The largest absolute Gasteiger partial charge is 0.462 e. The van der Waals surface area contributed by atoms with Gasteiger partial charge < -0.3 is 9.73 Å². The monoisotopic (exact) mass is 312 g/mol. The van der Waals surface area contributed by atoms with Crippen LogP contribution in [0.25, 0.3) is 6.08 Å². The van der Waals surface area contributed by atoms with Gasteiger partial charge in [0, 0.05) is 6.08 Å². The van der Waals surface area contributed by atoms with Crippen LogP contribution in [0.5, 0.6) is 0 Å². The summed E-state index contributed by atoms with van der Waals surface area (Å²) >= 11 is 1.32. The highest BCUT2D eigenvalue weighted by Crippen LogP contribution is 2.29. The minimum atomic E-state index is -0.150. The normalized spacial score (nSPS) is 18.2. The number of rotatable bonds is 2. The Kier molecular flexibility index (Phi) is 3.90. The van der Waals surface area contributed by atoms with Crippen molar-refractivity contribution in [2.45, 2.75) is 20.8 Å². The number of amides is 1. The van der Waals surface area contributed by atoms with Crippen molar-refractivity contribution < 1.29 is 9.21 Å². The number of hydrogen-bond donors (Lipinski definition) is 1. The average Bonchev–Trinajstić information content (AvgIpc) is 3.01. The summed E-state index contributed by atoms with van der Waals surface area (Å²) in [6.45, 7) is 5.90. The minimum absolute atomic E-state index is 0.150. The summed E-state index contributed by atoms with van der Waals surface area (Å²) in [5.74, 6) is 1.34. The Morgan fingerprint density at radius 2 is 2.00 bits per heavy atom. The summed E-state index contributed by atoms with van der Waals surface area (Å²) in [6, 6.07) is 9.79. The predicted molar refractivity (Wildman–Crippen MR) is 90.2 cm³/mol. The Bertz CT molecular complexity index is 803. The fourth-order valence-electron chi connectivity index (χ4n) is 2.09. The van der Waals surface area contributed by atoms with Crippen LogP contribution in [-0.4, -0.2) is 11.1 Å². The summed E-state index contributed by atoms with van der Waals surface area (Å²) in [5, 5.41) is 3.38. The van der Waals surface area contributed by atoms with E-state index in [4.69, 9.17) is 4.42 Å². The molecule has 22 heavy (non-hydrogen) atoms. The van der Waals surface area contributed by atoms with Crippen molar-refractivity contribution in [3.05, 3.63) is 57.9 Å². The van der Waals surface area contributed by atoms with Gasteiger partial charge >= 0.3 is 0 Å². The van der Waals surface area contributed by atoms with Crippen molar-refractivity contribution in [2.75, 3.05) is 0 Å². The lowest BCUT2D eigenvalue weighted by Crippen LogP contribution is -2.19. The molecule has 1 N–H and O–H groups in total. The number of aryl methyl sites for hydroxylation is 3. The number of carbonyl (C=O) groups excluding carboxylic acids is 1. The van der Waals surface area contributed by atoms with Gasteiger partial charge in [-0.05, 0) is 61.9 Å². The van der Waals surface area contributed by atoms with Crippen LogP contribution in [0.15, 0.2) is 44.6 Å². The fraction of sp³-hybridized carbons (Fsp3) is 0.176. The van der Waals surface area contributed by atoms with Crippen LogP contribution in [0.4, 0.5) is 5.69 Å². The lowest BCUT2D eigenvalue weighted by atomic mass is 10.1. The second-order valence-corrected chi connectivity index (χ2v) is 6.25. The first kappa shape index (κ1) is 14.7. The number of nitrogens with zero attached hydrogens (tertiary/aromatic N) is 1. The third kappa shape index (κ3) is 3.14. The number of benzene rings is 1. The molecule has 0 atom stereocenters. The van der Waals surface area contributed by atoms with Crippen molar-refractivity contribution >= 4 is 34.6 Å². The molecule has 112 valence electrons. The van der Waals surface area contributed by atoms with Gasteiger partial charge in [0.25, 0.3) is 5.91 Å². The lowest BCUT2D eigenvalue weighted by Gasteiger charge is -2.02. The third-order valence-corrected chi connectivity index (χ3v) is 4.18. The molecule has 1 aliphatic heterocycles. The Hall–Kier alpha value is -2.27. The molecule has 0 saturated carbocycles. The van der Waals surface area contributed by atoms with Gasteiger partial charge in [-0.25, -0.2) is 4.99 Å². The van der Waals surface area contributed by atoms with Crippen molar-refractivity contribution in [2.24, 2.45) is 4.99 Å². The molecule has 1 aromatic heterocycles. The first-order valence-corrected chi connectivity index (χ1v) is 7.76. The van der Waals surface area contributed by atoms with Gasteiger partial charge in [-0.3, -0.25) is 4.79 Å². The Morgan fingerprint density at radius 1 is 1.18 bits per heavy atom. The molecule has 0 radical (unpaired) electrons. The molecule has 1 saturated heterocycles. The van der Waals surface area contributed by atoms with Crippen LogP contribution in [0.3, 0.4) is 0 Å². The van der Waals surface area contributed by atoms with Crippen molar-refractivity contribution in [1.82, 2.24) is 5.32 Å². The molecule has 3 rings (SSSR count). The van der Waals surface area contributed by atoms with E-state index in [0.717, 1.165) is 22.6 Å². The maximum absolute atomic E-state index is 12.0. The SMILES string of the molecule is Cc1ccc(C)c(N=C2NC(=O)/C(=C\c3ccc(C)o3)S2)c1. The Labute approximate surface area is 133 Å². The quantitative estimate of drug-likeness (QED) is 0.850. The standard InChI is InChI=1S/C17H16N2O2S/c1-10-4-5-11(2)14(8-10)18-17-19-16(20)15(22-17)9-13-7-6-12(3)21-13/h4-9H,1-3H3,(H,18,19,20)/b15-9+. The maximum Gasteiger partial charge on any atom is 0.264 e. The predicted octanol–water partition coefficient (Wildman–Crippen LogP) is 4.10. The maximum atomic E-state index is 12.0. The minimum Gasteiger partial charge on any atom is -0.462 e. The molecule has 1 fully saturated rings. The number of hydrogen-bond acceptors (Lipinski definition) is 4. The fourth-order valence-corrected chi connectivity index (χ4v) is 2.90. The molecular formula is C17H16N2O2S. The lowest BCUT2D eigenvalue weighted by molar-refractivity contribution is -0.115. The molecule has 4 nitrogen and oxygen atoms in total. The molecule has 0 aliphatic carbocycles. The van der Waals surface area contributed by atoms with Crippen LogP contribution in [0, 0.1) is 20.8 Å². The van der Waals surface area contributed by atoms with Crippen LogP contribution >= 0.6 is 11.8 Å². The number of furan rings is 1. The average molecular weight is 312 g/mol. The zero-order valence-electron chi connectivity index (χ0n) is 12.6. The molecule has 0 bridgehead atoms. The first-order valence-electron chi connectivity index (χ1n) is 6.94. The van der Waals surface area contributed by atoms with E-state index in [-0.39, 0.29) is 5.91 Å².